The van der Waals surface area contributed by atoms with Gasteiger partial charge in [-0.3, -0.25) is 4.79 Å². The molecule has 0 aliphatic carbocycles. The number of hydrogen-bond acceptors (Lipinski definition) is 4. The van der Waals surface area contributed by atoms with Gasteiger partial charge in [-0.15, -0.1) is 11.3 Å². The third-order valence-corrected chi connectivity index (χ3v) is 5.50. The van der Waals surface area contributed by atoms with E-state index in [1.807, 2.05) is 79.7 Å². The maximum Gasteiger partial charge on any atom is 0.246 e. The normalized spacial score (nSPS) is 11.9. The molecule has 1 aromatic heterocycles. The zero-order chi connectivity index (χ0) is 19.3. The minimum absolute atomic E-state index is 0.0669. The minimum atomic E-state index is -0.329. The summed E-state index contributed by atoms with van der Waals surface area (Å²) in [5, 5.41) is 7.26. The number of hydrogen-bond donors (Lipinski definition) is 2. The highest BCUT2D eigenvalue weighted by molar-refractivity contribution is 7.18. The lowest BCUT2D eigenvalue weighted by molar-refractivity contribution is -0.116. The number of nitrogens with zero attached hydrogens (tertiary/aromatic N) is 1. The largest absolute Gasteiger partial charge is 0.374 e. The molecule has 2 N–H and O–H groups in total. The van der Waals surface area contributed by atoms with Crippen molar-refractivity contribution in [1.82, 2.24) is 4.98 Å². The molecule has 0 saturated carbocycles. The molecule has 28 heavy (non-hydrogen) atoms. The molecule has 5 heteroatoms. The summed E-state index contributed by atoms with van der Waals surface area (Å²) in [4.78, 5) is 17.1. The molecule has 3 aromatic carbocycles. The Balaban J connectivity index is 1.36. The van der Waals surface area contributed by atoms with Gasteiger partial charge in [0.25, 0.3) is 0 Å². The topological polar surface area (TPSA) is 54.0 Å². The summed E-state index contributed by atoms with van der Waals surface area (Å²) >= 11 is 1.72. The van der Waals surface area contributed by atoms with Gasteiger partial charge in [-0.05, 0) is 48.9 Å². The fourth-order valence-electron chi connectivity index (χ4n) is 2.98. The Morgan fingerprint density at radius 1 is 0.929 bits per heavy atom. The van der Waals surface area contributed by atoms with Crippen LogP contribution in [-0.2, 0) is 11.2 Å². The first kappa shape index (κ1) is 18.2. The van der Waals surface area contributed by atoms with Crippen LogP contribution in [0.5, 0.6) is 0 Å². The van der Waals surface area contributed by atoms with Gasteiger partial charge in [0.1, 0.15) is 6.04 Å². The van der Waals surface area contributed by atoms with E-state index in [9.17, 15) is 4.79 Å². The van der Waals surface area contributed by atoms with Gasteiger partial charge in [0.05, 0.1) is 15.2 Å². The van der Waals surface area contributed by atoms with Crippen LogP contribution < -0.4 is 10.6 Å². The number of thiazole rings is 1. The highest BCUT2D eigenvalue weighted by atomic mass is 32.1. The summed E-state index contributed by atoms with van der Waals surface area (Å²) in [6.07, 6.45) is 0.791. The van der Waals surface area contributed by atoms with E-state index in [4.69, 9.17) is 0 Å². The second kappa shape index (κ2) is 8.23. The van der Waals surface area contributed by atoms with E-state index in [1.54, 1.807) is 11.3 Å². The van der Waals surface area contributed by atoms with Crippen LogP contribution in [0.1, 0.15) is 17.5 Å². The molecule has 0 spiro atoms. The minimum Gasteiger partial charge on any atom is -0.374 e. The van der Waals surface area contributed by atoms with Crippen LogP contribution in [-0.4, -0.2) is 16.9 Å². The fourth-order valence-corrected chi connectivity index (χ4v) is 3.98. The monoisotopic (exact) mass is 387 g/mol. The fraction of sp³-hybridized carbons (Fsp3) is 0.130. The van der Waals surface area contributed by atoms with Crippen LogP contribution in [0.3, 0.4) is 0 Å². The van der Waals surface area contributed by atoms with Crippen molar-refractivity contribution in [2.24, 2.45) is 0 Å². The maximum absolute atomic E-state index is 12.4. The zero-order valence-corrected chi connectivity index (χ0v) is 16.4. The summed E-state index contributed by atoms with van der Waals surface area (Å²) < 4.78 is 1.21. The summed E-state index contributed by atoms with van der Waals surface area (Å²) in [6, 6.07) is 25.5. The van der Waals surface area contributed by atoms with E-state index in [-0.39, 0.29) is 11.9 Å². The van der Waals surface area contributed by atoms with Gasteiger partial charge in [0.2, 0.25) is 5.91 Å². The van der Waals surface area contributed by atoms with Gasteiger partial charge in [-0.2, -0.15) is 0 Å². The summed E-state index contributed by atoms with van der Waals surface area (Å²) in [6.45, 7) is 1.85. The van der Waals surface area contributed by atoms with Crippen LogP contribution >= 0.6 is 11.3 Å². The summed E-state index contributed by atoms with van der Waals surface area (Å²) in [5.74, 6) is -0.0669. The number of anilines is 2. The molecule has 0 aliphatic rings. The number of benzene rings is 3. The average Bonchev–Trinajstić information content (AvgIpc) is 3.12. The molecular formula is C23H21N3OS. The average molecular weight is 388 g/mol. The molecule has 1 atom stereocenters. The second-order valence-corrected chi connectivity index (χ2v) is 7.79. The molecule has 4 rings (SSSR count). The Bertz CT molecular complexity index is 1040. The molecule has 0 aliphatic heterocycles. The standard InChI is InChI=1S/C23H21N3OS/c1-16(24-18-7-3-2-4-8-18)23(27)25-19-13-11-17(12-14-19)15-22-26-20-9-5-6-10-21(20)28-22/h2-14,16,24H,15H2,1H3,(H,25,27)/t16-/m1/s1. The Labute approximate surface area is 168 Å². The van der Waals surface area contributed by atoms with E-state index in [0.717, 1.165) is 28.3 Å². The molecule has 0 saturated heterocycles. The van der Waals surface area contributed by atoms with Crippen LogP contribution in [0.25, 0.3) is 10.2 Å². The van der Waals surface area contributed by atoms with Crippen molar-refractivity contribution in [2.75, 3.05) is 10.6 Å². The number of carbonyl (C=O) groups is 1. The van der Waals surface area contributed by atoms with Crippen LogP contribution in [0.4, 0.5) is 11.4 Å². The quantitative estimate of drug-likeness (QED) is 0.470. The van der Waals surface area contributed by atoms with Gasteiger partial charge < -0.3 is 10.6 Å². The van der Waals surface area contributed by atoms with Crippen molar-refractivity contribution in [3.05, 3.63) is 89.4 Å². The van der Waals surface area contributed by atoms with E-state index in [1.165, 1.54) is 10.3 Å². The van der Waals surface area contributed by atoms with Gasteiger partial charge in [-0.25, -0.2) is 4.98 Å². The van der Waals surface area contributed by atoms with Crippen molar-refractivity contribution >= 4 is 38.8 Å². The van der Waals surface area contributed by atoms with Crippen LogP contribution in [0.2, 0.25) is 0 Å². The van der Waals surface area contributed by atoms with E-state index in [0.29, 0.717) is 0 Å². The van der Waals surface area contributed by atoms with Crippen LogP contribution in [0, 0.1) is 0 Å². The lowest BCUT2D eigenvalue weighted by atomic mass is 10.1. The number of rotatable bonds is 6. The maximum atomic E-state index is 12.4. The number of nitrogens with one attached hydrogen (secondary N) is 2. The number of fused-ring (bicyclic) bond motifs is 1. The Morgan fingerprint density at radius 3 is 2.39 bits per heavy atom. The first-order chi connectivity index (χ1) is 13.7. The number of amides is 1. The zero-order valence-electron chi connectivity index (χ0n) is 15.6. The van der Waals surface area contributed by atoms with Gasteiger partial charge >= 0.3 is 0 Å². The Morgan fingerprint density at radius 2 is 1.64 bits per heavy atom. The van der Waals surface area contributed by atoms with E-state index in [2.05, 4.69) is 21.7 Å². The van der Waals surface area contributed by atoms with E-state index < -0.39 is 0 Å². The van der Waals surface area contributed by atoms with Crippen molar-refractivity contribution in [3.8, 4) is 0 Å². The molecule has 0 fully saturated rings. The number of carbonyl (C=O) groups excluding carboxylic acids is 1. The first-order valence-electron chi connectivity index (χ1n) is 9.23. The highest BCUT2D eigenvalue weighted by Gasteiger charge is 2.12. The molecular weight excluding hydrogens is 366 g/mol. The summed E-state index contributed by atoms with van der Waals surface area (Å²) in [7, 11) is 0. The molecule has 1 heterocycles. The molecule has 140 valence electrons. The number of aromatic nitrogens is 1. The number of para-hydroxylation sites is 2. The molecule has 4 aromatic rings. The SMILES string of the molecule is C[C@@H](Nc1ccccc1)C(=O)Nc1ccc(Cc2nc3ccccc3s2)cc1. The molecule has 0 radical (unpaired) electrons. The van der Waals surface area contributed by atoms with Crippen LogP contribution in [0.15, 0.2) is 78.9 Å². The first-order valence-corrected chi connectivity index (χ1v) is 10.0. The third kappa shape index (κ3) is 4.38. The predicted molar refractivity (Wildman–Crippen MR) is 117 cm³/mol. The van der Waals surface area contributed by atoms with Crippen molar-refractivity contribution in [3.63, 3.8) is 0 Å². The lowest BCUT2D eigenvalue weighted by Crippen LogP contribution is -2.31. The van der Waals surface area contributed by atoms with Crippen molar-refractivity contribution in [1.29, 1.82) is 0 Å². The smallest absolute Gasteiger partial charge is 0.246 e. The van der Waals surface area contributed by atoms with Gasteiger partial charge in [0.15, 0.2) is 0 Å². The summed E-state index contributed by atoms with van der Waals surface area (Å²) in [5.41, 5.74) is 3.94. The molecule has 4 nitrogen and oxygen atoms in total. The predicted octanol–water partition coefficient (Wildman–Crippen LogP) is 5.33. The highest BCUT2D eigenvalue weighted by Crippen LogP contribution is 2.24. The third-order valence-electron chi connectivity index (χ3n) is 4.47. The second-order valence-electron chi connectivity index (χ2n) is 6.67. The van der Waals surface area contributed by atoms with Crippen molar-refractivity contribution < 1.29 is 4.79 Å². The van der Waals surface area contributed by atoms with Crippen molar-refractivity contribution in [2.45, 2.75) is 19.4 Å². The molecule has 0 bridgehead atoms. The molecule has 1 amide bonds. The van der Waals surface area contributed by atoms with E-state index >= 15 is 0 Å². The lowest BCUT2D eigenvalue weighted by Gasteiger charge is -2.15. The molecule has 0 unspecified atom stereocenters. The van der Waals surface area contributed by atoms with Gasteiger partial charge in [0, 0.05) is 17.8 Å². The Kier molecular flexibility index (Phi) is 5.35. The van der Waals surface area contributed by atoms with Gasteiger partial charge in [-0.1, -0.05) is 42.5 Å². The Hall–Kier alpha value is -3.18.